The molecule has 0 aliphatic rings. The first-order valence-corrected chi connectivity index (χ1v) is 2.59. The lowest BCUT2D eigenvalue weighted by atomic mass is 10.2. The van der Waals surface area contributed by atoms with E-state index < -0.39 is 5.79 Å². The molecule has 1 heterocycles. The first-order chi connectivity index (χ1) is 4.11. The van der Waals surface area contributed by atoms with E-state index in [1.165, 1.54) is 19.3 Å². The lowest BCUT2D eigenvalue weighted by molar-refractivity contribution is -0.166. The predicted octanol–water partition coefficient (Wildman–Crippen LogP) is 0.437. The normalized spacial score (nSPS) is 11.9. The van der Waals surface area contributed by atoms with Crippen LogP contribution in [0.1, 0.15) is 12.7 Å². The van der Waals surface area contributed by atoms with Crippen LogP contribution in [0.4, 0.5) is 0 Å². The molecule has 1 aromatic rings. The standard InChI is InChI=1S/C6H8O3/c1-6(7,8)5-3-2-4-9-5/h2-4,7-8H,1H3. The van der Waals surface area contributed by atoms with Crippen molar-refractivity contribution in [1.29, 1.82) is 0 Å². The molecule has 0 aromatic carbocycles. The number of hydrogen-bond acceptors (Lipinski definition) is 3. The molecule has 0 atom stereocenters. The Morgan fingerprint density at radius 2 is 2.22 bits per heavy atom. The Balaban J connectivity index is 2.90. The number of hydrogen-bond donors (Lipinski definition) is 2. The first-order valence-electron chi connectivity index (χ1n) is 2.59. The molecule has 0 saturated carbocycles. The Hall–Kier alpha value is -0.800. The average Bonchev–Trinajstić information content (AvgIpc) is 2.08. The summed E-state index contributed by atoms with van der Waals surface area (Å²) in [4.78, 5) is 0. The molecule has 0 unspecified atom stereocenters. The van der Waals surface area contributed by atoms with E-state index in [1.54, 1.807) is 6.07 Å². The van der Waals surface area contributed by atoms with E-state index in [2.05, 4.69) is 0 Å². The molecule has 50 valence electrons. The summed E-state index contributed by atoms with van der Waals surface area (Å²) in [5, 5.41) is 17.7. The number of furan rings is 1. The highest BCUT2D eigenvalue weighted by Crippen LogP contribution is 2.15. The summed E-state index contributed by atoms with van der Waals surface area (Å²) in [6.07, 6.45) is 1.39. The Bertz CT molecular complexity index is 171. The van der Waals surface area contributed by atoms with Crippen molar-refractivity contribution < 1.29 is 14.6 Å². The van der Waals surface area contributed by atoms with E-state index >= 15 is 0 Å². The van der Waals surface area contributed by atoms with Crippen LogP contribution < -0.4 is 0 Å². The van der Waals surface area contributed by atoms with Gasteiger partial charge in [-0.1, -0.05) is 0 Å². The highest BCUT2D eigenvalue weighted by atomic mass is 16.5. The third kappa shape index (κ3) is 1.31. The van der Waals surface area contributed by atoms with Crippen LogP contribution in [0.25, 0.3) is 0 Å². The summed E-state index contributed by atoms with van der Waals surface area (Å²) < 4.78 is 4.70. The molecule has 0 fully saturated rings. The molecular formula is C6H8O3. The second-order valence-corrected chi connectivity index (χ2v) is 2.00. The fourth-order valence-corrected chi connectivity index (χ4v) is 0.548. The Kier molecular flexibility index (Phi) is 1.31. The van der Waals surface area contributed by atoms with Gasteiger partial charge in [-0.25, -0.2) is 0 Å². The van der Waals surface area contributed by atoms with Crippen molar-refractivity contribution >= 4 is 0 Å². The molecule has 0 spiro atoms. The molecular weight excluding hydrogens is 120 g/mol. The van der Waals surface area contributed by atoms with Gasteiger partial charge in [0, 0.05) is 0 Å². The SMILES string of the molecule is CC(O)(O)c1ccco1. The molecule has 0 amide bonds. The molecule has 0 aliphatic carbocycles. The Labute approximate surface area is 52.5 Å². The van der Waals surface area contributed by atoms with Gasteiger partial charge in [-0.05, 0) is 19.1 Å². The minimum Gasteiger partial charge on any atom is -0.464 e. The van der Waals surface area contributed by atoms with E-state index in [-0.39, 0.29) is 5.76 Å². The summed E-state index contributed by atoms with van der Waals surface area (Å²) >= 11 is 0. The van der Waals surface area contributed by atoms with Crippen molar-refractivity contribution in [3.05, 3.63) is 24.2 Å². The zero-order chi connectivity index (χ0) is 6.91. The minimum absolute atomic E-state index is 0.155. The summed E-state index contributed by atoms with van der Waals surface area (Å²) in [6, 6.07) is 3.10. The topological polar surface area (TPSA) is 53.6 Å². The molecule has 3 nitrogen and oxygen atoms in total. The first kappa shape index (κ1) is 6.32. The van der Waals surface area contributed by atoms with E-state index in [0.29, 0.717) is 0 Å². The molecule has 9 heavy (non-hydrogen) atoms. The molecule has 2 N–H and O–H groups in total. The van der Waals surface area contributed by atoms with Crippen molar-refractivity contribution in [2.24, 2.45) is 0 Å². The van der Waals surface area contributed by atoms with Gasteiger partial charge in [-0.3, -0.25) is 0 Å². The van der Waals surface area contributed by atoms with Gasteiger partial charge in [0.05, 0.1) is 6.26 Å². The van der Waals surface area contributed by atoms with Gasteiger partial charge >= 0.3 is 0 Å². The second-order valence-electron chi connectivity index (χ2n) is 2.00. The van der Waals surface area contributed by atoms with Crippen LogP contribution in [0.15, 0.2) is 22.8 Å². The molecule has 0 bridgehead atoms. The Morgan fingerprint density at radius 3 is 2.44 bits per heavy atom. The van der Waals surface area contributed by atoms with E-state index in [9.17, 15) is 0 Å². The molecule has 1 aromatic heterocycles. The zero-order valence-corrected chi connectivity index (χ0v) is 5.03. The van der Waals surface area contributed by atoms with Crippen LogP contribution in [0.3, 0.4) is 0 Å². The molecule has 3 heteroatoms. The average molecular weight is 128 g/mol. The molecule has 1 rings (SSSR count). The maximum absolute atomic E-state index is 8.84. The third-order valence-electron chi connectivity index (χ3n) is 0.988. The molecule has 0 saturated heterocycles. The van der Waals surface area contributed by atoms with Gasteiger partial charge in [0.15, 0.2) is 5.76 Å². The van der Waals surface area contributed by atoms with Crippen LogP contribution in [0.5, 0.6) is 0 Å². The lowest BCUT2D eigenvalue weighted by Crippen LogP contribution is -2.18. The highest BCUT2D eigenvalue weighted by Gasteiger charge is 2.20. The highest BCUT2D eigenvalue weighted by molar-refractivity contribution is 5.03. The van der Waals surface area contributed by atoms with Crippen molar-refractivity contribution in [2.45, 2.75) is 12.7 Å². The van der Waals surface area contributed by atoms with Crippen molar-refractivity contribution in [2.75, 3.05) is 0 Å². The predicted molar refractivity (Wildman–Crippen MR) is 30.5 cm³/mol. The van der Waals surface area contributed by atoms with E-state index in [4.69, 9.17) is 14.6 Å². The van der Waals surface area contributed by atoms with Gasteiger partial charge < -0.3 is 14.6 Å². The van der Waals surface area contributed by atoms with E-state index in [1.807, 2.05) is 0 Å². The van der Waals surface area contributed by atoms with Crippen LogP contribution in [-0.4, -0.2) is 10.2 Å². The van der Waals surface area contributed by atoms with Crippen LogP contribution in [0.2, 0.25) is 0 Å². The third-order valence-corrected chi connectivity index (χ3v) is 0.988. The number of rotatable bonds is 1. The fraction of sp³-hybridized carbons (Fsp3) is 0.333. The van der Waals surface area contributed by atoms with Gasteiger partial charge in [0.25, 0.3) is 0 Å². The van der Waals surface area contributed by atoms with Crippen LogP contribution in [-0.2, 0) is 5.79 Å². The summed E-state index contributed by atoms with van der Waals surface area (Å²) in [7, 11) is 0. The Morgan fingerprint density at radius 1 is 1.56 bits per heavy atom. The van der Waals surface area contributed by atoms with Crippen LogP contribution in [0, 0.1) is 0 Å². The smallest absolute Gasteiger partial charge is 0.220 e. The van der Waals surface area contributed by atoms with Gasteiger partial charge in [-0.2, -0.15) is 0 Å². The largest absolute Gasteiger partial charge is 0.464 e. The zero-order valence-electron chi connectivity index (χ0n) is 5.03. The summed E-state index contributed by atoms with van der Waals surface area (Å²) in [5.41, 5.74) is 0. The van der Waals surface area contributed by atoms with Crippen molar-refractivity contribution in [1.82, 2.24) is 0 Å². The van der Waals surface area contributed by atoms with Crippen LogP contribution >= 0.6 is 0 Å². The lowest BCUT2D eigenvalue weighted by Gasteiger charge is -2.10. The monoisotopic (exact) mass is 128 g/mol. The summed E-state index contributed by atoms with van der Waals surface area (Å²) in [6.45, 7) is 1.24. The van der Waals surface area contributed by atoms with Crippen molar-refractivity contribution in [3.8, 4) is 0 Å². The maximum Gasteiger partial charge on any atom is 0.220 e. The van der Waals surface area contributed by atoms with Gasteiger partial charge in [0.2, 0.25) is 5.79 Å². The second kappa shape index (κ2) is 1.86. The van der Waals surface area contributed by atoms with Gasteiger partial charge in [-0.15, -0.1) is 0 Å². The quantitative estimate of drug-likeness (QED) is 0.539. The fourth-order valence-electron chi connectivity index (χ4n) is 0.548. The maximum atomic E-state index is 8.84. The van der Waals surface area contributed by atoms with E-state index in [0.717, 1.165) is 0 Å². The minimum atomic E-state index is -1.84. The van der Waals surface area contributed by atoms with Gasteiger partial charge in [0.1, 0.15) is 0 Å². The summed E-state index contributed by atoms with van der Waals surface area (Å²) in [5.74, 6) is -1.69. The molecule has 0 radical (unpaired) electrons. The van der Waals surface area contributed by atoms with Crippen molar-refractivity contribution in [3.63, 3.8) is 0 Å². The molecule has 0 aliphatic heterocycles. The number of aliphatic hydroxyl groups is 2.